The molecule has 0 aliphatic heterocycles. The molecule has 4 aromatic heterocycles. The zero-order valence-electron chi connectivity index (χ0n) is 15.0. The van der Waals surface area contributed by atoms with E-state index in [2.05, 4.69) is 15.0 Å². The van der Waals surface area contributed by atoms with Crippen molar-refractivity contribution in [2.45, 2.75) is 19.8 Å². The maximum Gasteiger partial charge on any atom is 0.307 e. The highest BCUT2D eigenvalue weighted by Crippen LogP contribution is 2.23. The molecule has 0 saturated heterocycles. The molecule has 0 saturated carbocycles. The van der Waals surface area contributed by atoms with Crippen LogP contribution in [0, 0.1) is 6.92 Å². The molecule has 0 spiro atoms. The predicted octanol–water partition coefficient (Wildman–Crippen LogP) is 3.31. The molecule has 8 nitrogen and oxygen atoms in total. The Morgan fingerprint density at radius 1 is 1.32 bits per heavy atom. The average molecular weight is 399 g/mol. The number of hydrogen-bond acceptors (Lipinski definition) is 8. The third kappa shape index (κ3) is 3.99. The van der Waals surface area contributed by atoms with E-state index in [0.717, 1.165) is 28.4 Å². The van der Waals surface area contributed by atoms with E-state index in [1.807, 2.05) is 13.0 Å². The first-order chi connectivity index (χ1) is 13.6. The lowest BCUT2D eigenvalue weighted by Crippen LogP contribution is -2.04. The number of furan rings is 1. The molecule has 0 aromatic carbocycles. The van der Waals surface area contributed by atoms with E-state index in [9.17, 15) is 9.90 Å². The van der Waals surface area contributed by atoms with Crippen molar-refractivity contribution < 1.29 is 18.7 Å². The molecule has 0 aliphatic rings. The van der Waals surface area contributed by atoms with Gasteiger partial charge in [0, 0.05) is 25.1 Å². The molecule has 2 N–H and O–H groups in total. The van der Waals surface area contributed by atoms with Crippen LogP contribution in [0.15, 0.2) is 50.4 Å². The van der Waals surface area contributed by atoms with Crippen LogP contribution in [0.3, 0.4) is 0 Å². The highest BCUT2D eigenvalue weighted by Gasteiger charge is 2.13. The van der Waals surface area contributed by atoms with Crippen molar-refractivity contribution in [3.05, 3.63) is 68.3 Å². The normalized spacial score (nSPS) is 11.0. The molecule has 9 heteroatoms. The summed E-state index contributed by atoms with van der Waals surface area (Å²) in [5, 5.41) is 9.65. The van der Waals surface area contributed by atoms with Gasteiger partial charge in [0.15, 0.2) is 5.76 Å². The molecule has 0 fully saturated rings. The van der Waals surface area contributed by atoms with Gasteiger partial charge in [0.25, 0.3) is 5.89 Å². The fraction of sp³-hybridized carbons (Fsp3) is 0.211. The van der Waals surface area contributed by atoms with Crippen molar-refractivity contribution in [3.63, 3.8) is 0 Å². The summed E-state index contributed by atoms with van der Waals surface area (Å²) in [5.74, 6) is 2.17. The average Bonchev–Trinajstić information content (AvgIpc) is 3.39. The number of oxazole rings is 1. The van der Waals surface area contributed by atoms with Crippen molar-refractivity contribution >= 4 is 11.3 Å². The van der Waals surface area contributed by atoms with E-state index < -0.39 is 0 Å². The molecular weight excluding hydrogens is 382 g/mol. The van der Waals surface area contributed by atoms with Gasteiger partial charge in [0.2, 0.25) is 11.8 Å². The maximum atomic E-state index is 11.2. The topological polar surface area (TPSA) is 114 Å². The van der Waals surface area contributed by atoms with E-state index in [4.69, 9.17) is 13.6 Å². The lowest BCUT2D eigenvalue weighted by Gasteiger charge is -2.05. The zero-order valence-corrected chi connectivity index (χ0v) is 15.8. The SMILES string of the molecule is Cc1oc(-c2ccco2)nc1CCOc1ccc(Cc2sc(=O)[nH]c2O)cn1. The number of aromatic amines is 1. The van der Waals surface area contributed by atoms with Gasteiger partial charge in [0.1, 0.15) is 5.76 Å². The summed E-state index contributed by atoms with van der Waals surface area (Å²) in [7, 11) is 0. The predicted molar refractivity (Wildman–Crippen MR) is 102 cm³/mol. The Hall–Kier alpha value is -3.33. The Balaban J connectivity index is 1.33. The number of thiazole rings is 1. The van der Waals surface area contributed by atoms with Gasteiger partial charge in [-0.25, -0.2) is 9.97 Å². The van der Waals surface area contributed by atoms with Crippen molar-refractivity contribution in [2.24, 2.45) is 0 Å². The van der Waals surface area contributed by atoms with Gasteiger partial charge in [-0.15, -0.1) is 0 Å². The minimum Gasteiger partial charge on any atom is -0.494 e. The van der Waals surface area contributed by atoms with Crippen LogP contribution in [0.2, 0.25) is 0 Å². The van der Waals surface area contributed by atoms with Crippen LogP contribution in [0.1, 0.15) is 21.9 Å². The number of H-pyrrole nitrogens is 1. The maximum absolute atomic E-state index is 11.2. The summed E-state index contributed by atoms with van der Waals surface area (Å²) in [6.45, 7) is 2.25. The highest BCUT2D eigenvalue weighted by molar-refractivity contribution is 7.09. The number of hydrogen-bond donors (Lipinski definition) is 2. The molecule has 0 atom stereocenters. The van der Waals surface area contributed by atoms with E-state index >= 15 is 0 Å². The number of aromatic hydroxyl groups is 1. The second-order valence-corrected chi connectivity index (χ2v) is 7.13. The fourth-order valence-corrected chi connectivity index (χ4v) is 3.43. The number of ether oxygens (including phenoxy) is 1. The lowest BCUT2D eigenvalue weighted by atomic mass is 10.2. The number of rotatable bonds is 7. The van der Waals surface area contributed by atoms with Gasteiger partial charge >= 0.3 is 4.87 Å². The molecular formula is C19H17N3O5S. The first-order valence-corrected chi connectivity index (χ1v) is 9.39. The number of nitrogens with zero attached hydrogens (tertiary/aromatic N) is 2. The van der Waals surface area contributed by atoms with E-state index in [0.29, 0.717) is 41.9 Å². The van der Waals surface area contributed by atoms with Crippen molar-refractivity contribution in [3.8, 4) is 23.4 Å². The Kier molecular flexibility index (Phi) is 4.98. The molecule has 0 aliphatic carbocycles. The minimum atomic E-state index is -0.279. The quantitative estimate of drug-likeness (QED) is 0.490. The second kappa shape index (κ2) is 7.73. The summed E-state index contributed by atoms with van der Waals surface area (Å²) in [4.78, 5) is 22.6. The van der Waals surface area contributed by atoms with Crippen molar-refractivity contribution in [1.29, 1.82) is 0 Å². The summed E-state index contributed by atoms with van der Waals surface area (Å²) in [5.41, 5.74) is 1.68. The Labute approximate surface area is 163 Å². The third-order valence-electron chi connectivity index (χ3n) is 4.08. The number of nitrogens with one attached hydrogen (secondary N) is 1. The van der Waals surface area contributed by atoms with Crippen molar-refractivity contribution in [1.82, 2.24) is 15.0 Å². The lowest BCUT2D eigenvalue weighted by molar-refractivity contribution is 0.307. The Morgan fingerprint density at radius 3 is 2.89 bits per heavy atom. The fourth-order valence-electron chi connectivity index (χ4n) is 2.68. The molecule has 4 heterocycles. The van der Waals surface area contributed by atoms with Crippen LogP contribution < -0.4 is 9.61 Å². The smallest absolute Gasteiger partial charge is 0.307 e. The van der Waals surface area contributed by atoms with Crippen LogP contribution in [0.25, 0.3) is 11.7 Å². The summed E-state index contributed by atoms with van der Waals surface area (Å²) >= 11 is 0.984. The molecule has 144 valence electrons. The number of aromatic nitrogens is 3. The summed E-state index contributed by atoms with van der Waals surface area (Å²) in [6.07, 6.45) is 4.24. The van der Waals surface area contributed by atoms with Crippen LogP contribution in [0.4, 0.5) is 0 Å². The molecule has 28 heavy (non-hydrogen) atoms. The second-order valence-electron chi connectivity index (χ2n) is 6.07. The molecule has 0 amide bonds. The highest BCUT2D eigenvalue weighted by atomic mass is 32.1. The number of pyridine rings is 1. The van der Waals surface area contributed by atoms with E-state index in [1.54, 1.807) is 30.7 Å². The van der Waals surface area contributed by atoms with Crippen LogP contribution in [-0.2, 0) is 12.8 Å². The molecule has 0 unspecified atom stereocenters. The third-order valence-corrected chi connectivity index (χ3v) is 4.95. The van der Waals surface area contributed by atoms with Crippen molar-refractivity contribution in [2.75, 3.05) is 6.61 Å². The van der Waals surface area contributed by atoms with Gasteiger partial charge in [-0.3, -0.25) is 9.78 Å². The Bertz CT molecular complexity index is 1110. The standard InChI is InChI=1S/C19H17N3O5S/c1-11-13(21-18(27-11)14-3-2-7-25-14)6-8-26-16-5-4-12(10-20-16)9-15-17(23)22-19(24)28-15/h2-5,7,10,23H,6,8-9H2,1H3,(H,22,24). The van der Waals surface area contributed by atoms with Crippen LogP contribution >= 0.6 is 11.3 Å². The molecule has 0 bridgehead atoms. The first-order valence-electron chi connectivity index (χ1n) is 8.57. The first kappa shape index (κ1) is 18.1. The van der Waals surface area contributed by atoms with E-state index in [1.165, 1.54) is 0 Å². The van der Waals surface area contributed by atoms with Gasteiger partial charge in [-0.05, 0) is 24.6 Å². The van der Waals surface area contributed by atoms with Crippen LogP contribution in [0.5, 0.6) is 11.8 Å². The number of aryl methyl sites for hydroxylation is 1. The zero-order chi connectivity index (χ0) is 19.5. The monoisotopic (exact) mass is 399 g/mol. The minimum absolute atomic E-state index is 0.0905. The largest absolute Gasteiger partial charge is 0.494 e. The molecule has 4 aromatic rings. The van der Waals surface area contributed by atoms with Gasteiger partial charge in [-0.1, -0.05) is 17.4 Å². The summed E-state index contributed by atoms with van der Waals surface area (Å²) in [6, 6.07) is 7.18. The van der Waals surface area contributed by atoms with Crippen LogP contribution in [-0.4, -0.2) is 26.7 Å². The Morgan fingerprint density at radius 2 is 2.21 bits per heavy atom. The van der Waals surface area contributed by atoms with E-state index in [-0.39, 0.29) is 10.8 Å². The van der Waals surface area contributed by atoms with Gasteiger partial charge in [0.05, 0.1) is 23.4 Å². The van der Waals surface area contributed by atoms with Gasteiger partial charge < -0.3 is 18.7 Å². The van der Waals surface area contributed by atoms with Gasteiger partial charge in [-0.2, -0.15) is 0 Å². The molecule has 0 radical (unpaired) electrons. The molecule has 4 rings (SSSR count). The summed E-state index contributed by atoms with van der Waals surface area (Å²) < 4.78 is 16.6.